The Morgan fingerprint density at radius 1 is 0.559 bits per heavy atom. The zero-order chi connectivity index (χ0) is 42.4. The Morgan fingerprint density at radius 3 is 1.22 bits per heavy atom. The van der Waals surface area contributed by atoms with Gasteiger partial charge in [-0.1, -0.05) is 83.5 Å². The lowest BCUT2D eigenvalue weighted by Crippen LogP contribution is -2.49. The van der Waals surface area contributed by atoms with Crippen LogP contribution in [-0.4, -0.2) is 105 Å². The molecule has 2 saturated heterocycles. The first-order valence-electron chi connectivity index (χ1n) is 18.5. The molecule has 2 aliphatic rings. The lowest BCUT2D eigenvalue weighted by atomic mass is 9.97. The van der Waals surface area contributed by atoms with Gasteiger partial charge >= 0.3 is 0 Å². The number of hydrogen-bond donors (Lipinski definition) is 0. The van der Waals surface area contributed by atoms with Crippen LogP contribution in [-0.2, 0) is 19.2 Å². The summed E-state index contributed by atoms with van der Waals surface area (Å²) in [5.74, 6) is -0.836. The van der Waals surface area contributed by atoms with E-state index in [1.807, 2.05) is 0 Å². The van der Waals surface area contributed by atoms with E-state index in [1.54, 1.807) is 80.3 Å². The number of rotatable bonds is 10. The van der Waals surface area contributed by atoms with E-state index in [4.69, 9.17) is 23.2 Å². The van der Waals surface area contributed by atoms with Crippen LogP contribution >= 0.6 is 35.0 Å². The van der Waals surface area contributed by atoms with E-state index in [1.165, 1.54) is 50.3 Å². The minimum Gasteiger partial charge on any atom is -0.339 e. The van der Waals surface area contributed by atoms with Crippen LogP contribution in [0.4, 0.5) is 11.4 Å². The van der Waals surface area contributed by atoms with Gasteiger partial charge in [-0.25, -0.2) is 0 Å². The highest BCUT2D eigenvalue weighted by molar-refractivity contribution is 7.99. The number of nitrogens with zero attached hydrogens (tertiary/aromatic N) is 6. The molecule has 2 heterocycles. The van der Waals surface area contributed by atoms with Crippen LogP contribution in [0.1, 0.15) is 25.0 Å². The average molecular weight is 858 g/mol. The van der Waals surface area contributed by atoms with Crippen molar-refractivity contribution in [3.05, 3.63) is 126 Å². The van der Waals surface area contributed by atoms with Crippen molar-refractivity contribution in [3.8, 4) is 22.3 Å². The quantitative estimate of drug-likeness (QED) is 0.0882. The summed E-state index contributed by atoms with van der Waals surface area (Å²) in [6, 6.07) is 19.2. The third-order valence-electron chi connectivity index (χ3n) is 10.1. The number of benzene rings is 4. The third-order valence-corrected chi connectivity index (χ3v) is 11.9. The van der Waals surface area contributed by atoms with Crippen molar-refractivity contribution >= 4 is 82.1 Å². The van der Waals surface area contributed by atoms with Gasteiger partial charge in [0.2, 0.25) is 23.6 Å². The predicted octanol–water partition coefficient (Wildman–Crippen LogP) is 7.70. The van der Waals surface area contributed by atoms with Crippen LogP contribution in [0.25, 0.3) is 34.4 Å². The second-order valence-corrected chi connectivity index (χ2v) is 15.6. The molecule has 0 saturated carbocycles. The van der Waals surface area contributed by atoms with Gasteiger partial charge < -0.3 is 19.6 Å². The number of piperazine rings is 2. The maximum atomic E-state index is 13.2. The maximum Gasteiger partial charge on any atom is 0.291 e. The summed E-state index contributed by atoms with van der Waals surface area (Å²) >= 11 is 14.1. The van der Waals surface area contributed by atoms with E-state index in [0.717, 1.165) is 11.8 Å². The van der Waals surface area contributed by atoms with E-state index >= 15 is 0 Å². The largest absolute Gasteiger partial charge is 0.339 e. The van der Waals surface area contributed by atoms with Gasteiger partial charge in [0, 0.05) is 99.5 Å². The number of hydrogen-bond acceptors (Lipinski definition) is 9. The molecule has 0 N–H and O–H groups in total. The highest BCUT2D eigenvalue weighted by Crippen LogP contribution is 2.50. The second kappa shape index (κ2) is 18.7. The van der Waals surface area contributed by atoms with Crippen LogP contribution in [0, 0.1) is 20.2 Å². The van der Waals surface area contributed by atoms with Crippen molar-refractivity contribution in [2.75, 3.05) is 52.4 Å². The van der Waals surface area contributed by atoms with Crippen molar-refractivity contribution < 1.29 is 29.0 Å². The fourth-order valence-corrected chi connectivity index (χ4v) is 8.53. The maximum absolute atomic E-state index is 13.2. The first kappa shape index (κ1) is 42.6. The molecule has 2 fully saturated rings. The smallest absolute Gasteiger partial charge is 0.291 e. The molecule has 17 heteroatoms. The summed E-state index contributed by atoms with van der Waals surface area (Å²) in [5, 5.41) is 26.6. The van der Waals surface area contributed by atoms with E-state index < -0.39 is 9.85 Å². The summed E-state index contributed by atoms with van der Waals surface area (Å²) in [6.07, 6.45) is 5.59. The first-order valence-corrected chi connectivity index (χ1v) is 20.1. The molecule has 14 nitrogen and oxygen atoms in total. The van der Waals surface area contributed by atoms with Gasteiger partial charge in [-0.05, 0) is 47.5 Å². The van der Waals surface area contributed by atoms with Crippen molar-refractivity contribution in [3.63, 3.8) is 0 Å². The van der Waals surface area contributed by atoms with Gasteiger partial charge in [-0.15, -0.1) is 0 Å². The standard InChI is InChI=1S/C42H38Cl2N6O8S/c1-27(51)45-19-23-47(24-20-45)37(53)17-13-29-11-15-35(41(49(55)56)39(29)31-7-3-5-9-33(31)43)59-36-16-12-30(14-18-38(54)48-25-21-46(22-26-48)28(2)52)40(42(36)50(57)58)32-8-4-6-10-34(32)44/h3-18H,19-26H2,1-2H3. The van der Waals surface area contributed by atoms with Crippen molar-refractivity contribution in [2.45, 2.75) is 23.6 Å². The molecule has 0 aromatic heterocycles. The van der Waals surface area contributed by atoms with Crippen molar-refractivity contribution in [2.24, 2.45) is 0 Å². The summed E-state index contributed by atoms with van der Waals surface area (Å²) < 4.78 is 0. The molecule has 4 aromatic carbocycles. The first-order chi connectivity index (χ1) is 28.2. The number of nitro groups is 2. The van der Waals surface area contributed by atoms with Crippen LogP contribution in [0.5, 0.6) is 0 Å². The molecule has 59 heavy (non-hydrogen) atoms. The highest BCUT2D eigenvalue weighted by atomic mass is 35.5. The lowest BCUT2D eigenvalue weighted by Gasteiger charge is -2.33. The number of nitro benzene ring substituents is 2. The van der Waals surface area contributed by atoms with Crippen LogP contribution in [0.2, 0.25) is 10.0 Å². The fraction of sp³-hybridized carbons (Fsp3) is 0.238. The number of carbonyl (C=O) groups is 4. The highest BCUT2D eigenvalue weighted by Gasteiger charge is 2.31. The lowest BCUT2D eigenvalue weighted by molar-refractivity contribution is -0.387. The monoisotopic (exact) mass is 856 g/mol. The molecule has 2 aliphatic heterocycles. The summed E-state index contributed by atoms with van der Waals surface area (Å²) in [7, 11) is 0. The Labute approximate surface area is 354 Å². The molecule has 0 atom stereocenters. The van der Waals surface area contributed by atoms with Gasteiger partial charge in [0.05, 0.1) is 30.8 Å². The third kappa shape index (κ3) is 9.65. The average Bonchev–Trinajstić information content (AvgIpc) is 3.22. The predicted molar refractivity (Wildman–Crippen MR) is 227 cm³/mol. The molecule has 4 amide bonds. The number of carbonyl (C=O) groups excluding carboxylic acids is 4. The van der Waals surface area contributed by atoms with Gasteiger partial charge in [-0.3, -0.25) is 39.4 Å². The molecular formula is C42H38Cl2N6O8S. The minimum atomic E-state index is -0.582. The minimum absolute atomic E-state index is 0.0603. The Hall–Kier alpha value is -6.03. The Bertz CT molecular complexity index is 2240. The van der Waals surface area contributed by atoms with Gasteiger partial charge in [0.15, 0.2) is 0 Å². The fourth-order valence-electron chi connectivity index (χ4n) is 7.01. The Balaban J connectivity index is 1.42. The van der Waals surface area contributed by atoms with E-state index in [2.05, 4.69) is 0 Å². The molecule has 6 rings (SSSR count). The second-order valence-electron chi connectivity index (χ2n) is 13.7. The van der Waals surface area contributed by atoms with E-state index in [9.17, 15) is 39.4 Å². The summed E-state index contributed by atoms with van der Waals surface area (Å²) in [5.41, 5.74) is 0.670. The topological polar surface area (TPSA) is 168 Å². The molecular weight excluding hydrogens is 819 g/mol. The molecule has 0 aliphatic carbocycles. The molecule has 0 radical (unpaired) electrons. The van der Waals surface area contributed by atoms with Crippen molar-refractivity contribution in [1.82, 2.24) is 19.6 Å². The van der Waals surface area contributed by atoms with Gasteiger partial charge in [0.25, 0.3) is 11.4 Å². The van der Waals surface area contributed by atoms with Crippen LogP contribution in [0.3, 0.4) is 0 Å². The number of amides is 4. The Morgan fingerprint density at radius 2 is 0.898 bits per heavy atom. The molecule has 0 unspecified atom stereocenters. The zero-order valence-electron chi connectivity index (χ0n) is 32.0. The molecule has 0 spiro atoms. The molecule has 0 bridgehead atoms. The summed E-state index contributed by atoms with van der Waals surface area (Å²) in [4.78, 5) is 81.6. The van der Waals surface area contributed by atoms with E-state index in [-0.39, 0.29) is 66.0 Å². The Kier molecular flexibility index (Phi) is 13.5. The van der Waals surface area contributed by atoms with Gasteiger partial charge in [-0.2, -0.15) is 0 Å². The summed E-state index contributed by atoms with van der Waals surface area (Å²) in [6.45, 7) is 5.80. The SMILES string of the molecule is CC(=O)N1CCN(C(=O)C=Cc2ccc(Sc3ccc(C=CC(=O)N4CCN(C(C)=O)CC4)c(-c4ccccc4Cl)c3[N+](=O)[O-])c([N+](=O)[O-])c2-c2ccccc2Cl)CC1. The van der Waals surface area contributed by atoms with Crippen LogP contribution in [0.15, 0.2) is 94.7 Å². The van der Waals surface area contributed by atoms with E-state index in [0.29, 0.717) is 74.6 Å². The van der Waals surface area contributed by atoms with Crippen molar-refractivity contribution in [1.29, 1.82) is 0 Å². The number of halogens is 2. The zero-order valence-corrected chi connectivity index (χ0v) is 34.3. The van der Waals surface area contributed by atoms with Crippen LogP contribution < -0.4 is 0 Å². The van der Waals surface area contributed by atoms with Gasteiger partial charge in [0.1, 0.15) is 0 Å². The molecule has 304 valence electrons. The normalized spacial score (nSPS) is 14.6. The molecule has 4 aromatic rings.